The van der Waals surface area contributed by atoms with Crippen LogP contribution in [0.2, 0.25) is 0 Å². The highest BCUT2D eigenvalue weighted by molar-refractivity contribution is 5.90. The molecule has 0 saturated carbocycles. The van der Waals surface area contributed by atoms with E-state index in [-0.39, 0.29) is 11.4 Å². The molecule has 0 bridgehead atoms. The number of rotatable bonds is 3. The van der Waals surface area contributed by atoms with E-state index in [1.807, 2.05) is 31.2 Å². The summed E-state index contributed by atoms with van der Waals surface area (Å²) < 4.78 is 18.2. The fourth-order valence-electron chi connectivity index (χ4n) is 2.02. The molecule has 1 heterocycles. The van der Waals surface area contributed by atoms with E-state index in [1.165, 1.54) is 18.2 Å². The maximum Gasteiger partial charge on any atom is 0.345 e. The molecule has 114 valence electrons. The Kier molecular flexibility index (Phi) is 4.10. The molecule has 3 aromatic rings. The molecule has 0 atom stereocenters. The molecule has 0 unspecified atom stereocenters. The first-order chi connectivity index (χ1) is 11.1. The van der Waals surface area contributed by atoms with Crippen molar-refractivity contribution >= 4 is 5.97 Å². The van der Waals surface area contributed by atoms with Crippen molar-refractivity contribution in [1.82, 2.24) is 10.2 Å². The summed E-state index contributed by atoms with van der Waals surface area (Å²) >= 11 is 0. The SMILES string of the molecule is Cc1ccc(-c2ccc(OC(=O)c3cccc(F)c3)nn2)cc1. The topological polar surface area (TPSA) is 52.1 Å². The van der Waals surface area contributed by atoms with Gasteiger partial charge in [-0.25, -0.2) is 9.18 Å². The number of aromatic nitrogens is 2. The molecule has 1 aromatic heterocycles. The summed E-state index contributed by atoms with van der Waals surface area (Å²) in [5.41, 5.74) is 2.87. The molecule has 0 aliphatic carbocycles. The Labute approximate surface area is 132 Å². The number of nitrogens with zero attached hydrogens (tertiary/aromatic N) is 2. The molecule has 3 rings (SSSR count). The molecule has 0 N–H and O–H groups in total. The van der Waals surface area contributed by atoms with E-state index in [2.05, 4.69) is 10.2 Å². The van der Waals surface area contributed by atoms with Gasteiger partial charge in [0, 0.05) is 11.6 Å². The average Bonchev–Trinajstić information content (AvgIpc) is 2.56. The van der Waals surface area contributed by atoms with Crippen molar-refractivity contribution in [2.45, 2.75) is 6.92 Å². The molecule has 0 amide bonds. The van der Waals surface area contributed by atoms with Crippen LogP contribution in [-0.2, 0) is 0 Å². The van der Waals surface area contributed by atoms with Crippen molar-refractivity contribution in [3.8, 4) is 17.1 Å². The lowest BCUT2D eigenvalue weighted by molar-refractivity contribution is 0.0725. The Bertz CT molecular complexity index is 830. The monoisotopic (exact) mass is 308 g/mol. The molecule has 0 radical (unpaired) electrons. The van der Waals surface area contributed by atoms with E-state index in [4.69, 9.17) is 4.74 Å². The zero-order chi connectivity index (χ0) is 16.2. The van der Waals surface area contributed by atoms with Crippen LogP contribution in [0.15, 0.2) is 60.7 Å². The van der Waals surface area contributed by atoms with Crippen molar-refractivity contribution in [3.05, 3.63) is 77.6 Å². The first kappa shape index (κ1) is 14.8. The summed E-state index contributed by atoms with van der Waals surface area (Å²) in [6.45, 7) is 2.00. The fraction of sp³-hybridized carbons (Fsp3) is 0.0556. The van der Waals surface area contributed by atoms with Gasteiger partial charge in [0.25, 0.3) is 0 Å². The Morgan fingerprint density at radius 1 is 1.00 bits per heavy atom. The zero-order valence-electron chi connectivity index (χ0n) is 12.4. The second kappa shape index (κ2) is 6.36. The van der Waals surface area contributed by atoms with Crippen molar-refractivity contribution in [3.63, 3.8) is 0 Å². The molecule has 0 aliphatic rings. The lowest BCUT2D eigenvalue weighted by atomic mass is 10.1. The van der Waals surface area contributed by atoms with Crippen LogP contribution in [0.5, 0.6) is 5.88 Å². The third kappa shape index (κ3) is 3.58. The highest BCUT2D eigenvalue weighted by Gasteiger charge is 2.11. The van der Waals surface area contributed by atoms with Crippen LogP contribution < -0.4 is 4.74 Å². The van der Waals surface area contributed by atoms with Crippen LogP contribution in [0.1, 0.15) is 15.9 Å². The van der Waals surface area contributed by atoms with E-state index < -0.39 is 11.8 Å². The van der Waals surface area contributed by atoms with Crippen LogP contribution in [0, 0.1) is 12.7 Å². The van der Waals surface area contributed by atoms with E-state index in [0.29, 0.717) is 5.69 Å². The minimum absolute atomic E-state index is 0.0649. The summed E-state index contributed by atoms with van der Waals surface area (Å²) in [6.07, 6.45) is 0. The van der Waals surface area contributed by atoms with Crippen molar-refractivity contribution in [2.24, 2.45) is 0 Å². The standard InChI is InChI=1S/C18H13FN2O2/c1-12-5-7-13(8-6-12)16-9-10-17(21-20-16)23-18(22)14-3-2-4-15(19)11-14/h2-11H,1H3. The summed E-state index contributed by atoms with van der Waals surface area (Å²) in [6, 6.07) is 16.4. The zero-order valence-corrected chi connectivity index (χ0v) is 12.4. The number of hydrogen-bond donors (Lipinski definition) is 0. The van der Waals surface area contributed by atoms with E-state index in [0.717, 1.165) is 17.2 Å². The quantitative estimate of drug-likeness (QED) is 0.690. The molecular formula is C18H13FN2O2. The Hall–Kier alpha value is -3.08. The highest BCUT2D eigenvalue weighted by Crippen LogP contribution is 2.18. The first-order valence-electron chi connectivity index (χ1n) is 7.00. The molecule has 2 aromatic carbocycles. The maximum absolute atomic E-state index is 13.1. The van der Waals surface area contributed by atoms with Gasteiger partial charge in [-0.3, -0.25) is 0 Å². The highest BCUT2D eigenvalue weighted by atomic mass is 19.1. The number of hydrogen-bond acceptors (Lipinski definition) is 4. The van der Waals surface area contributed by atoms with Gasteiger partial charge in [0.05, 0.1) is 11.3 Å². The number of carbonyl (C=O) groups excluding carboxylic acids is 1. The predicted molar refractivity (Wildman–Crippen MR) is 83.6 cm³/mol. The van der Waals surface area contributed by atoms with Gasteiger partial charge in [-0.1, -0.05) is 35.9 Å². The number of halogens is 1. The fourth-order valence-corrected chi connectivity index (χ4v) is 2.02. The lowest BCUT2D eigenvalue weighted by Gasteiger charge is -2.04. The minimum Gasteiger partial charge on any atom is -0.402 e. The normalized spacial score (nSPS) is 10.3. The second-order valence-corrected chi connectivity index (χ2v) is 5.02. The number of benzene rings is 2. The van der Waals surface area contributed by atoms with Gasteiger partial charge in [0.2, 0.25) is 5.88 Å². The van der Waals surface area contributed by atoms with Crippen LogP contribution in [0.3, 0.4) is 0 Å². The van der Waals surface area contributed by atoms with Crippen molar-refractivity contribution in [1.29, 1.82) is 0 Å². The van der Waals surface area contributed by atoms with Crippen LogP contribution in [-0.4, -0.2) is 16.2 Å². The Morgan fingerprint density at radius 2 is 1.78 bits per heavy atom. The van der Waals surface area contributed by atoms with E-state index in [1.54, 1.807) is 12.1 Å². The van der Waals surface area contributed by atoms with Crippen molar-refractivity contribution in [2.75, 3.05) is 0 Å². The summed E-state index contributed by atoms with van der Waals surface area (Å²) in [5, 5.41) is 7.92. The number of aryl methyl sites for hydroxylation is 1. The molecule has 0 fully saturated rings. The van der Waals surface area contributed by atoms with Crippen LogP contribution in [0.25, 0.3) is 11.3 Å². The Morgan fingerprint density at radius 3 is 2.43 bits per heavy atom. The van der Waals surface area contributed by atoms with Gasteiger partial charge >= 0.3 is 5.97 Å². The Balaban J connectivity index is 1.75. The molecule has 5 heteroatoms. The average molecular weight is 308 g/mol. The second-order valence-electron chi connectivity index (χ2n) is 5.02. The number of ether oxygens (including phenoxy) is 1. The molecule has 0 spiro atoms. The summed E-state index contributed by atoms with van der Waals surface area (Å²) in [5.74, 6) is -1.11. The van der Waals surface area contributed by atoms with Crippen molar-refractivity contribution < 1.29 is 13.9 Å². The summed E-state index contributed by atoms with van der Waals surface area (Å²) in [4.78, 5) is 11.9. The molecule has 0 aliphatic heterocycles. The molecule has 23 heavy (non-hydrogen) atoms. The molecular weight excluding hydrogens is 295 g/mol. The summed E-state index contributed by atoms with van der Waals surface area (Å²) in [7, 11) is 0. The van der Waals surface area contributed by atoms with E-state index >= 15 is 0 Å². The number of esters is 1. The van der Waals surface area contributed by atoms with Gasteiger partial charge in [0.1, 0.15) is 5.82 Å². The maximum atomic E-state index is 13.1. The lowest BCUT2D eigenvalue weighted by Crippen LogP contribution is -2.10. The van der Waals surface area contributed by atoms with Gasteiger partial charge in [0.15, 0.2) is 0 Å². The molecule has 4 nitrogen and oxygen atoms in total. The van der Waals surface area contributed by atoms with Gasteiger partial charge in [-0.15, -0.1) is 10.2 Å². The van der Waals surface area contributed by atoms with Crippen LogP contribution in [0.4, 0.5) is 4.39 Å². The van der Waals surface area contributed by atoms with Gasteiger partial charge < -0.3 is 4.74 Å². The third-order valence-corrected chi connectivity index (χ3v) is 3.24. The van der Waals surface area contributed by atoms with Gasteiger partial charge in [-0.05, 0) is 31.2 Å². The van der Waals surface area contributed by atoms with Crippen LogP contribution >= 0.6 is 0 Å². The van der Waals surface area contributed by atoms with E-state index in [9.17, 15) is 9.18 Å². The smallest absolute Gasteiger partial charge is 0.345 e. The first-order valence-corrected chi connectivity index (χ1v) is 7.00. The molecule has 0 saturated heterocycles. The minimum atomic E-state index is -0.679. The number of carbonyl (C=O) groups is 1. The van der Waals surface area contributed by atoms with Gasteiger partial charge in [-0.2, -0.15) is 0 Å². The third-order valence-electron chi connectivity index (χ3n) is 3.24. The predicted octanol–water partition coefficient (Wildman–Crippen LogP) is 3.81. The largest absolute Gasteiger partial charge is 0.402 e.